The molecule has 0 saturated heterocycles. The number of ether oxygens (including phenoxy) is 1. The molecule has 1 aromatic heterocycles. The first-order valence-corrected chi connectivity index (χ1v) is 7.70. The topological polar surface area (TPSA) is 103 Å². The number of Topliss-reactive ketones (excluding diaryl/α,β-unsaturated/α-hetero) is 1. The molecule has 0 radical (unpaired) electrons. The van der Waals surface area contributed by atoms with E-state index in [0.717, 1.165) is 0 Å². The Morgan fingerprint density at radius 3 is 2.68 bits per heavy atom. The van der Waals surface area contributed by atoms with Gasteiger partial charge in [0.1, 0.15) is 17.4 Å². The van der Waals surface area contributed by atoms with Gasteiger partial charge in [0.15, 0.2) is 0 Å². The highest BCUT2D eigenvalue weighted by Gasteiger charge is 2.24. The molecule has 2 aromatic rings. The number of hydrogen-bond acceptors (Lipinski definition) is 5. The van der Waals surface area contributed by atoms with Crippen LogP contribution in [0.2, 0.25) is 0 Å². The molecule has 6 nitrogen and oxygen atoms in total. The van der Waals surface area contributed by atoms with Gasteiger partial charge in [0.2, 0.25) is 5.78 Å². The van der Waals surface area contributed by atoms with E-state index >= 15 is 0 Å². The fourth-order valence-electron chi connectivity index (χ4n) is 2.55. The third kappa shape index (κ3) is 3.78. The number of carbonyl (C=O) groups excluding carboxylic acids is 2. The second-order valence-corrected chi connectivity index (χ2v) is 5.44. The lowest BCUT2D eigenvalue weighted by molar-refractivity contribution is 0.0525. The summed E-state index contributed by atoms with van der Waals surface area (Å²) in [6.07, 6.45) is 1.39. The largest absolute Gasteiger partial charge is 0.508 e. The first-order valence-electron chi connectivity index (χ1n) is 7.70. The third-order valence-corrected chi connectivity index (χ3v) is 3.69. The maximum absolute atomic E-state index is 12.7. The summed E-state index contributed by atoms with van der Waals surface area (Å²) >= 11 is 0. The molecule has 0 atom stereocenters. The van der Waals surface area contributed by atoms with Gasteiger partial charge in [-0.25, -0.2) is 4.79 Å². The molecule has 0 saturated carbocycles. The zero-order chi connectivity index (χ0) is 18.6. The fraction of sp³-hybridized carbons (Fsp3) is 0.211. The Labute approximate surface area is 145 Å². The number of aromatic nitrogens is 1. The van der Waals surface area contributed by atoms with Crippen LogP contribution in [0.4, 0.5) is 0 Å². The highest BCUT2D eigenvalue weighted by atomic mass is 16.5. The summed E-state index contributed by atoms with van der Waals surface area (Å²) in [5, 5.41) is 18.8. The van der Waals surface area contributed by atoms with Crippen molar-refractivity contribution in [2.24, 2.45) is 0 Å². The minimum absolute atomic E-state index is 0.0370. The molecular formula is C19H18N2O4. The van der Waals surface area contributed by atoms with Crippen molar-refractivity contribution in [3.8, 4) is 11.8 Å². The van der Waals surface area contributed by atoms with Gasteiger partial charge < -0.3 is 14.8 Å². The average molecular weight is 338 g/mol. The molecule has 0 aliphatic rings. The molecule has 0 aliphatic heterocycles. The number of aromatic amines is 1. The van der Waals surface area contributed by atoms with Crippen LogP contribution >= 0.6 is 0 Å². The number of aromatic hydroxyl groups is 1. The zero-order valence-corrected chi connectivity index (χ0v) is 14.2. The second kappa shape index (κ2) is 7.49. The lowest BCUT2D eigenvalue weighted by Gasteiger charge is -2.03. The Bertz CT molecular complexity index is 901. The van der Waals surface area contributed by atoms with Crippen LogP contribution in [-0.2, 0) is 4.74 Å². The summed E-state index contributed by atoms with van der Waals surface area (Å²) in [5.41, 5.74) is 1.85. The number of H-pyrrole nitrogens is 1. The number of aryl methyl sites for hydroxylation is 1. The van der Waals surface area contributed by atoms with E-state index in [1.165, 1.54) is 18.2 Å². The summed E-state index contributed by atoms with van der Waals surface area (Å²) in [7, 11) is 0. The number of phenols is 1. The number of hydrogen-bond donors (Lipinski definition) is 2. The van der Waals surface area contributed by atoms with Crippen molar-refractivity contribution >= 4 is 17.8 Å². The van der Waals surface area contributed by atoms with Crippen molar-refractivity contribution in [2.75, 3.05) is 6.61 Å². The molecule has 1 heterocycles. The Morgan fingerprint density at radius 1 is 1.36 bits per heavy atom. The number of benzene rings is 1. The van der Waals surface area contributed by atoms with Gasteiger partial charge in [0.25, 0.3) is 0 Å². The summed E-state index contributed by atoms with van der Waals surface area (Å²) in [6.45, 7) is 5.23. The van der Waals surface area contributed by atoms with Gasteiger partial charge in [0, 0.05) is 5.69 Å². The molecule has 2 rings (SSSR count). The van der Waals surface area contributed by atoms with E-state index < -0.39 is 11.8 Å². The van der Waals surface area contributed by atoms with Crippen LogP contribution in [0.15, 0.2) is 29.8 Å². The predicted octanol–water partition coefficient (Wildman–Crippen LogP) is 3.30. The van der Waals surface area contributed by atoms with Crippen LogP contribution in [0.1, 0.15) is 44.6 Å². The molecule has 0 unspecified atom stereocenters. The van der Waals surface area contributed by atoms with Crippen LogP contribution in [-0.4, -0.2) is 28.4 Å². The van der Waals surface area contributed by atoms with Gasteiger partial charge in [-0.3, -0.25) is 4.79 Å². The fourth-order valence-corrected chi connectivity index (χ4v) is 2.55. The highest BCUT2D eigenvalue weighted by molar-refractivity contribution is 6.15. The molecule has 0 fully saturated rings. The summed E-state index contributed by atoms with van der Waals surface area (Å²) in [5.74, 6) is -1.000. The van der Waals surface area contributed by atoms with Crippen molar-refractivity contribution in [3.63, 3.8) is 0 Å². The van der Waals surface area contributed by atoms with Crippen molar-refractivity contribution in [2.45, 2.75) is 20.8 Å². The van der Waals surface area contributed by atoms with Gasteiger partial charge in [-0.1, -0.05) is 12.1 Å². The van der Waals surface area contributed by atoms with Crippen molar-refractivity contribution < 1.29 is 19.4 Å². The molecule has 25 heavy (non-hydrogen) atoms. The Morgan fingerprint density at radius 2 is 2.08 bits per heavy atom. The number of esters is 1. The summed E-state index contributed by atoms with van der Waals surface area (Å²) in [4.78, 5) is 27.6. The van der Waals surface area contributed by atoms with E-state index in [1.54, 1.807) is 32.9 Å². The van der Waals surface area contributed by atoms with Gasteiger partial charge in [-0.15, -0.1) is 0 Å². The van der Waals surface area contributed by atoms with Crippen molar-refractivity contribution in [1.29, 1.82) is 5.26 Å². The predicted molar refractivity (Wildman–Crippen MR) is 92.3 cm³/mol. The van der Waals surface area contributed by atoms with E-state index in [2.05, 4.69) is 4.98 Å². The smallest absolute Gasteiger partial charge is 0.340 e. The molecule has 0 spiro atoms. The average Bonchev–Trinajstić information content (AvgIpc) is 2.87. The zero-order valence-electron chi connectivity index (χ0n) is 14.2. The number of allylic oxidation sites excluding steroid dienone is 1. The monoisotopic (exact) mass is 338 g/mol. The molecule has 0 aliphatic carbocycles. The van der Waals surface area contributed by atoms with Crippen LogP contribution < -0.4 is 0 Å². The van der Waals surface area contributed by atoms with Gasteiger partial charge in [-0.2, -0.15) is 5.26 Å². The number of nitrogens with zero attached hydrogens (tertiary/aromatic N) is 1. The molecule has 128 valence electrons. The Balaban J connectivity index is 2.44. The Hall–Kier alpha value is -3.33. The van der Waals surface area contributed by atoms with Crippen molar-refractivity contribution in [3.05, 3.63) is 57.9 Å². The van der Waals surface area contributed by atoms with E-state index in [0.29, 0.717) is 22.4 Å². The second-order valence-electron chi connectivity index (χ2n) is 5.44. The highest BCUT2D eigenvalue weighted by Crippen LogP contribution is 2.23. The molecule has 1 aromatic carbocycles. The minimum atomic E-state index is -0.526. The maximum atomic E-state index is 12.7. The SMILES string of the molecule is CCOC(=O)c1c(C)[nH]c(C(=O)/C(C#N)=C/c2cccc(O)c2)c1C. The van der Waals surface area contributed by atoms with Crippen LogP contribution in [0.25, 0.3) is 6.08 Å². The van der Waals surface area contributed by atoms with Gasteiger partial charge >= 0.3 is 5.97 Å². The third-order valence-electron chi connectivity index (χ3n) is 3.69. The van der Waals surface area contributed by atoms with E-state index in [4.69, 9.17) is 4.74 Å². The number of nitriles is 1. The van der Waals surface area contributed by atoms with Gasteiger partial charge in [-0.05, 0) is 50.1 Å². The molecule has 6 heteroatoms. The van der Waals surface area contributed by atoms with Crippen LogP contribution in [0, 0.1) is 25.2 Å². The number of ketones is 1. The first kappa shape index (κ1) is 18.0. The number of carbonyl (C=O) groups is 2. The maximum Gasteiger partial charge on any atom is 0.340 e. The summed E-state index contributed by atoms with van der Waals surface area (Å²) < 4.78 is 5.00. The molecule has 2 N–H and O–H groups in total. The van der Waals surface area contributed by atoms with Crippen LogP contribution in [0.5, 0.6) is 5.75 Å². The number of nitrogens with one attached hydrogen (secondary N) is 1. The number of rotatable bonds is 5. The quantitative estimate of drug-likeness (QED) is 0.377. The van der Waals surface area contributed by atoms with Gasteiger partial charge in [0.05, 0.1) is 17.9 Å². The lowest BCUT2D eigenvalue weighted by Crippen LogP contribution is -2.08. The van der Waals surface area contributed by atoms with E-state index in [-0.39, 0.29) is 23.6 Å². The number of phenolic OH excluding ortho intramolecular Hbond substituents is 1. The Kier molecular flexibility index (Phi) is 5.40. The summed E-state index contributed by atoms with van der Waals surface area (Å²) in [6, 6.07) is 8.10. The minimum Gasteiger partial charge on any atom is -0.508 e. The molecular weight excluding hydrogens is 320 g/mol. The molecule has 0 amide bonds. The molecule has 0 bridgehead atoms. The lowest BCUT2D eigenvalue weighted by atomic mass is 10.0. The standard InChI is InChI=1S/C19H18N2O4/c1-4-25-19(24)16-11(2)17(21-12(16)3)18(23)14(10-20)8-13-6-5-7-15(22)9-13/h5-9,21-22H,4H2,1-3H3/b14-8+. The first-order chi connectivity index (χ1) is 11.9. The van der Waals surface area contributed by atoms with Crippen LogP contribution in [0.3, 0.4) is 0 Å². The van der Waals surface area contributed by atoms with E-state index in [1.807, 2.05) is 6.07 Å². The van der Waals surface area contributed by atoms with E-state index in [9.17, 15) is 20.0 Å². The van der Waals surface area contributed by atoms with Crippen molar-refractivity contribution in [1.82, 2.24) is 4.98 Å². The normalized spacial score (nSPS) is 11.0.